The number of benzene rings is 1. The Balaban J connectivity index is 2.75. The molecule has 0 bridgehead atoms. The largest absolute Gasteiger partial charge is 0.383 e. The first-order valence-electron chi connectivity index (χ1n) is 5.92. The van der Waals surface area contributed by atoms with Crippen molar-refractivity contribution in [1.82, 2.24) is 4.72 Å². The molecular weight excluding hydrogens is 350 g/mol. The summed E-state index contributed by atoms with van der Waals surface area (Å²) in [6.45, 7) is 3.90. The molecule has 0 aliphatic rings. The smallest absolute Gasteiger partial charge is 0.273 e. The predicted molar refractivity (Wildman–Crippen MR) is 81.5 cm³/mol. The molecule has 0 radical (unpaired) electrons. The van der Waals surface area contributed by atoms with Crippen molar-refractivity contribution in [3.05, 3.63) is 32.3 Å². The third-order valence-electron chi connectivity index (χ3n) is 2.53. The lowest BCUT2D eigenvalue weighted by atomic mass is 10.2. The normalized spacial score (nSPS) is 11.3. The van der Waals surface area contributed by atoms with E-state index in [-0.39, 0.29) is 18.0 Å². The van der Waals surface area contributed by atoms with Gasteiger partial charge in [-0.25, -0.2) is 13.1 Å². The van der Waals surface area contributed by atoms with Crippen LogP contribution < -0.4 is 10.0 Å². The molecule has 7 nitrogen and oxygen atoms in total. The van der Waals surface area contributed by atoms with Gasteiger partial charge in [0.05, 0.1) is 10.7 Å². The molecule has 112 valence electrons. The summed E-state index contributed by atoms with van der Waals surface area (Å²) in [4.78, 5) is 10.3. The Bertz CT molecular complexity index is 604. The number of nitrogens with one attached hydrogen (secondary N) is 2. The number of rotatable bonds is 7. The van der Waals surface area contributed by atoms with Crippen LogP contribution in [0.4, 0.5) is 11.4 Å². The molecule has 0 unspecified atom stereocenters. The summed E-state index contributed by atoms with van der Waals surface area (Å²) in [5, 5.41) is 13.7. The molecular formula is C11H16BrN3O4S. The summed E-state index contributed by atoms with van der Waals surface area (Å²) >= 11 is 3.23. The first kappa shape index (κ1) is 16.9. The molecule has 0 spiro atoms. The molecule has 1 aromatic rings. The van der Waals surface area contributed by atoms with Gasteiger partial charge in [-0.3, -0.25) is 10.1 Å². The van der Waals surface area contributed by atoms with E-state index in [4.69, 9.17) is 0 Å². The molecule has 0 aliphatic carbocycles. The van der Waals surface area contributed by atoms with Gasteiger partial charge in [0, 0.05) is 34.9 Å². The lowest BCUT2D eigenvalue weighted by Crippen LogP contribution is -2.29. The van der Waals surface area contributed by atoms with E-state index < -0.39 is 14.9 Å². The van der Waals surface area contributed by atoms with Crippen LogP contribution in [0.25, 0.3) is 0 Å². The van der Waals surface area contributed by atoms with Crippen LogP contribution in [0.5, 0.6) is 0 Å². The lowest BCUT2D eigenvalue weighted by Gasteiger charge is -2.10. The lowest BCUT2D eigenvalue weighted by molar-refractivity contribution is -0.385. The Morgan fingerprint density at radius 2 is 2.05 bits per heavy atom. The van der Waals surface area contributed by atoms with Crippen molar-refractivity contribution in [3.63, 3.8) is 0 Å². The van der Waals surface area contributed by atoms with Crippen molar-refractivity contribution in [3.8, 4) is 0 Å². The predicted octanol–water partition coefficient (Wildman–Crippen LogP) is 2.02. The minimum absolute atomic E-state index is 0.0164. The van der Waals surface area contributed by atoms with Crippen molar-refractivity contribution in [1.29, 1.82) is 0 Å². The van der Waals surface area contributed by atoms with Crippen molar-refractivity contribution >= 4 is 37.3 Å². The zero-order chi connectivity index (χ0) is 15.3. The van der Waals surface area contributed by atoms with Gasteiger partial charge < -0.3 is 5.32 Å². The van der Waals surface area contributed by atoms with Crippen LogP contribution in [0.3, 0.4) is 0 Å². The Kier molecular flexibility index (Phi) is 5.90. The summed E-state index contributed by atoms with van der Waals surface area (Å²) in [7, 11) is -3.28. The van der Waals surface area contributed by atoms with Gasteiger partial charge in [0.2, 0.25) is 10.0 Å². The number of sulfonamides is 1. The van der Waals surface area contributed by atoms with Gasteiger partial charge in [-0.05, 0) is 28.9 Å². The topological polar surface area (TPSA) is 101 Å². The molecule has 0 fully saturated rings. The van der Waals surface area contributed by atoms with Gasteiger partial charge in [-0.15, -0.1) is 0 Å². The van der Waals surface area contributed by atoms with Crippen molar-refractivity contribution in [2.75, 3.05) is 24.2 Å². The van der Waals surface area contributed by atoms with E-state index in [0.29, 0.717) is 22.3 Å². The fraction of sp³-hybridized carbons (Fsp3) is 0.455. The monoisotopic (exact) mass is 365 g/mol. The van der Waals surface area contributed by atoms with E-state index in [1.807, 2.05) is 0 Å². The van der Waals surface area contributed by atoms with Gasteiger partial charge in [-0.1, -0.05) is 6.92 Å². The Labute approximate surface area is 126 Å². The van der Waals surface area contributed by atoms with Gasteiger partial charge >= 0.3 is 0 Å². The molecule has 0 atom stereocenters. The van der Waals surface area contributed by atoms with E-state index in [1.54, 1.807) is 19.9 Å². The Morgan fingerprint density at radius 3 is 2.60 bits per heavy atom. The minimum atomic E-state index is -3.28. The zero-order valence-electron chi connectivity index (χ0n) is 11.1. The SMILES string of the molecule is CCNS(=O)(=O)CCNc1cc(C)c([N+](=O)[O-])cc1Br. The molecule has 20 heavy (non-hydrogen) atoms. The number of halogens is 1. The standard InChI is InChI=1S/C11H16BrN3O4S/c1-3-14-20(18,19)5-4-13-10-6-8(2)11(15(16)17)7-9(10)12/h6-7,13-14H,3-5H2,1-2H3. The average molecular weight is 366 g/mol. The molecule has 9 heteroatoms. The highest BCUT2D eigenvalue weighted by Crippen LogP contribution is 2.30. The molecule has 0 heterocycles. The third kappa shape index (κ3) is 4.73. The molecule has 0 aromatic heterocycles. The Morgan fingerprint density at radius 1 is 1.40 bits per heavy atom. The summed E-state index contributed by atoms with van der Waals surface area (Å²) < 4.78 is 25.8. The van der Waals surface area contributed by atoms with Crippen LogP contribution in [-0.4, -0.2) is 32.2 Å². The van der Waals surface area contributed by atoms with E-state index >= 15 is 0 Å². The first-order valence-corrected chi connectivity index (χ1v) is 8.37. The average Bonchev–Trinajstić information content (AvgIpc) is 2.32. The molecule has 1 rings (SSSR count). The fourth-order valence-corrected chi connectivity index (χ4v) is 3.04. The number of nitro groups is 1. The second-order valence-electron chi connectivity index (χ2n) is 4.12. The number of hydrogen-bond acceptors (Lipinski definition) is 5. The van der Waals surface area contributed by atoms with Crippen LogP contribution in [0, 0.1) is 17.0 Å². The quantitative estimate of drug-likeness (QED) is 0.568. The maximum absolute atomic E-state index is 11.5. The number of anilines is 1. The molecule has 0 saturated carbocycles. The molecule has 0 aliphatic heterocycles. The van der Waals surface area contributed by atoms with Gasteiger partial charge in [-0.2, -0.15) is 0 Å². The number of aryl methyl sites for hydroxylation is 1. The summed E-state index contributed by atoms with van der Waals surface area (Å²) in [5.41, 5.74) is 1.15. The minimum Gasteiger partial charge on any atom is -0.383 e. The van der Waals surface area contributed by atoms with Crippen LogP contribution in [0.15, 0.2) is 16.6 Å². The van der Waals surface area contributed by atoms with Crippen LogP contribution in [0.2, 0.25) is 0 Å². The highest BCUT2D eigenvalue weighted by molar-refractivity contribution is 9.10. The summed E-state index contributed by atoms with van der Waals surface area (Å²) in [6, 6.07) is 3.01. The molecule has 2 N–H and O–H groups in total. The first-order chi connectivity index (χ1) is 9.26. The van der Waals surface area contributed by atoms with Crippen molar-refractivity contribution in [2.24, 2.45) is 0 Å². The number of nitro benzene ring substituents is 1. The van der Waals surface area contributed by atoms with Crippen LogP contribution in [-0.2, 0) is 10.0 Å². The molecule has 0 amide bonds. The van der Waals surface area contributed by atoms with E-state index in [1.165, 1.54) is 6.07 Å². The van der Waals surface area contributed by atoms with Crippen molar-refractivity contribution in [2.45, 2.75) is 13.8 Å². The third-order valence-corrected chi connectivity index (χ3v) is 4.66. The number of nitrogens with zero attached hydrogens (tertiary/aromatic N) is 1. The maximum atomic E-state index is 11.5. The van der Waals surface area contributed by atoms with Gasteiger partial charge in [0.25, 0.3) is 5.69 Å². The van der Waals surface area contributed by atoms with Crippen LogP contribution >= 0.6 is 15.9 Å². The van der Waals surface area contributed by atoms with E-state index in [9.17, 15) is 18.5 Å². The van der Waals surface area contributed by atoms with Crippen LogP contribution in [0.1, 0.15) is 12.5 Å². The van der Waals surface area contributed by atoms with E-state index in [2.05, 4.69) is 26.0 Å². The van der Waals surface area contributed by atoms with E-state index in [0.717, 1.165) is 0 Å². The maximum Gasteiger partial charge on any atom is 0.273 e. The summed E-state index contributed by atoms with van der Waals surface area (Å²) in [5.74, 6) is -0.0662. The highest BCUT2D eigenvalue weighted by atomic mass is 79.9. The second-order valence-corrected chi connectivity index (χ2v) is 6.90. The zero-order valence-corrected chi connectivity index (χ0v) is 13.5. The number of hydrogen-bond donors (Lipinski definition) is 2. The second kappa shape index (κ2) is 7.00. The van der Waals surface area contributed by atoms with Gasteiger partial charge in [0.15, 0.2) is 0 Å². The van der Waals surface area contributed by atoms with Crippen molar-refractivity contribution < 1.29 is 13.3 Å². The molecule has 0 saturated heterocycles. The Hall–Kier alpha value is -1.19. The molecule has 1 aromatic carbocycles. The fourth-order valence-electron chi connectivity index (χ4n) is 1.62. The van der Waals surface area contributed by atoms with Gasteiger partial charge in [0.1, 0.15) is 0 Å². The summed E-state index contributed by atoms with van der Waals surface area (Å²) in [6.07, 6.45) is 0. The highest BCUT2D eigenvalue weighted by Gasteiger charge is 2.14.